The van der Waals surface area contributed by atoms with Gasteiger partial charge >= 0.3 is 0 Å². The maximum absolute atomic E-state index is 12.1. The van der Waals surface area contributed by atoms with Gasteiger partial charge in [0.2, 0.25) is 5.91 Å². The molecule has 0 aromatic carbocycles. The molecule has 15 heavy (non-hydrogen) atoms. The zero-order chi connectivity index (χ0) is 11.3. The maximum Gasteiger partial charge on any atom is 0.228 e. The number of nitrogens with zero attached hydrogens (tertiary/aromatic N) is 1. The third-order valence-corrected chi connectivity index (χ3v) is 2.75. The van der Waals surface area contributed by atoms with Gasteiger partial charge in [-0.05, 0) is 19.8 Å². The Labute approximate surface area is 91.8 Å². The number of hydrogen-bond donors (Lipinski definition) is 1. The summed E-state index contributed by atoms with van der Waals surface area (Å²) in [5.74, 6) is 0.268. The van der Waals surface area contributed by atoms with Crippen LogP contribution in [0.4, 0.5) is 0 Å². The molecule has 1 aliphatic rings. The molecule has 2 N–H and O–H groups in total. The molecule has 0 aliphatic carbocycles. The van der Waals surface area contributed by atoms with Crippen molar-refractivity contribution in [3.8, 4) is 0 Å². The Morgan fingerprint density at radius 2 is 2.27 bits per heavy atom. The molecular formula is C11H22N2O2. The van der Waals surface area contributed by atoms with Gasteiger partial charge in [-0.15, -0.1) is 0 Å². The number of nitrogens with two attached hydrogens (primary N) is 1. The molecule has 2 unspecified atom stereocenters. The summed E-state index contributed by atoms with van der Waals surface area (Å²) in [6.45, 7) is 6.67. The van der Waals surface area contributed by atoms with Crippen molar-refractivity contribution in [1.82, 2.24) is 4.90 Å². The van der Waals surface area contributed by atoms with Gasteiger partial charge in [0.25, 0.3) is 0 Å². The molecule has 1 amide bonds. The zero-order valence-corrected chi connectivity index (χ0v) is 9.74. The summed E-state index contributed by atoms with van der Waals surface area (Å²) in [6.07, 6.45) is 2.05. The van der Waals surface area contributed by atoms with Gasteiger partial charge in [0.1, 0.15) is 0 Å². The first-order chi connectivity index (χ1) is 7.19. The van der Waals surface area contributed by atoms with Crippen LogP contribution < -0.4 is 5.73 Å². The van der Waals surface area contributed by atoms with E-state index < -0.39 is 0 Å². The molecule has 1 fully saturated rings. The number of hydrogen-bond acceptors (Lipinski definition) is 3. The summed E-state index contributed by atoms with van der Waals surface area (Å²) in [5, 5.41) is 0. The minimum atomic E-state index is 0.0538. The van der Waals surface area contributed by atoms with Crippen molar-refractivity contribution in [2.45, 2.75) is 32.8 Å². The molecule has 1 heterocycles. The van der Waals surface area contributed by atoms with Gasteiger partial charge in [0.15, 0.2) is 0 Å². The predicted molar refractivity (Wildman–Crippen MR) is 59.4 cm³/mol. The van der Waals surface area contributed by atoms with Gasteiger partial charge in [-0.1, -0.05) is 6.92 Å². The lowest BCUT2D eigenvalue weighted by atomic mass is 10.0. The molecular weight excluding hydrogens is 192 g/mol. The van der Waals surface area contributed by atoms with E-state index in [1.54, 1.807) is 0 Å². The number of carbonyl (C=O) groups excluding carboxylic acids is 1. The van der Waals surface area contributed by atoms with Crippen LogP contribution in [0.25, 0.3) is 0 Å². The van der Waals surface area contributed by atoms with Crippen molar-refractivity contribution >= 4 is 5.91 Å². The van der Waals surface area contributed by atoms with Crippen LogP contribution >= 0.6 is 0 Å². The molecule has 0 radical (unpaired) electrons. The molecule has 0 aromatic heterocycles. The predicted octanol–water partition coefficient (Wildman–Crippen LogP) is 0.609. The summed E-state index contributed by atoms with van der Waals surface area (Å²) in [7, 11) is 0. The monoisotopic (exact) mass is 214 g/mol. The maximum atomic E-state index is 12.1. The second-order valence-corrected chi connectivity index (χ2v) is 4.19. The van der Waals surface area contributed by atoms with Crippen molar-refractivity contribution in [1.29, 1.82) is 0 Å². The molecule has 2 atom stereocenters. The van der Waals surface area contributed by atoms with Crippen LogP contribution in [0.5, 0.6) is 0 Å². The first-order valence-corrected chi connectivity index (χ1v) is 5.79. The Morgan fingerprint density at radius 3 is 2.73 bits per heavy atom. The van der Waals surface area contributed by atoms with Gasteiger partial charge in [0, 0.05) is 19.6 Å². The third-order valence-electron chi connectivity index (χ3n) is 2.75. The van der Waals surface area contributed by atoms with Gasteiger partial charge in [-0.25, -0.2) is 0 Å². The van der Waals surface area contributed by atoms with E-state index in [1.807, 2.05) is 11.8 Å². The van der Waals surface area contributed by atoms with Crippen molar-refractivity contribution in [2.75, 3.05) is 26.2 Å². The molecule has 4 nitrogen and oxygen atoms in total. The quantitative estimate of drug-likeness (QED) is 0.729. The van der Waals surface area contributed by atoms with Crippen LogP contribution in [-0.4, -0.2) is 43.2 Å². The largest absolute Gasteiger partial charge is 0.378 e. The standard InChI is InChI=1S/C11H22N2O2/c1-3-5-13(6-4-12)11(14)10-7-9(2)15-8-10/h9-10H,3-8,12H2,1-2H3. The average Bonchev–Trinajstić information content (AvgIpc) is 2.63. The van der Waals surface area contributed by atoms with Gasteiger partial charge in [0.05, 0.1) is 18.6 Å². The Kier molecular flexibility index (Phi) is 5.05. The van der Waals surface area contributed by atoms with E-state index in [9.17, 15) is 4.79 Å². The lowest BCUT2D eigenvalue weighted by Crippen LogP contribution is -2.40. The highest BCUT2D eigenvalue weighted by molar-refractivity contribution is 5.79. The lowest BCUT2D eigenvalue weighted by molar-refractivity contribution is -0.135. The highest BCUT2D eigenvalue weighted by Gasteiger charge is 2.30. The van der Waals surface area contributed by atoms with Gasteiger partial charge in [-0.3, -0.25) is 4.79 Å². The highest BCUT2D eigenvalue weighted by Crippen LogP contribution is 2.21. The Bertz CT molecular complexity index is 203. The van der Waals surface area contributed by atoms with E-state index in [2.05, 4.69) is 6.92 Å². The molecule has 0 bridgehead atoms. The van der Waals surface area contributed by atoms with Crippen LogP contribution in [-0.2, 0) is 9.53 Å². The SMILES string of the molecule is CCCN(CCN)C(=O)C1COC(C)C1. The van der Waals surface area contributed by atoms with Gasteiger partial charge < -0.3 is 15.4 Å². The minimum Gasteiger partial charge on any atom is -0.378 e. The molecule has 0 saturated carbocycles. The number of rotatable bonds is 5. The van der Waals surface area contributed by atoms with Crippen LogP contribution in [0.1, 0.15) is 26.7 Å². The van der Waals surface area contributed by atoms with Crippen molar-refractivity contribution in [3.63, 3.8) is 0 Å². The molecule has 4 heteroatoms. The van der Waals surface area contributed by atoms with E-state index in [0.717, 1.165) is 19.4 Å². The fraction of sp³-hybridized carbons (Fsp3) is 0.909. The van der Waals surface area contributed by atoms with Gasteiger partial charge in [-0.2, -0.15) is 0 Å². The topological polar surface area (TPSA) is 55.6 Å². The molecule has 88 valence electrons. The van der Waals surface area contributed by atoms with Crippen LogP contribution in [0.3, 0.4) is 0 Å². The zero-order valence-electron chi connectivity index (χ0n) is 9.74. The second kappa shape index (κ2) is 6.08. The summed E-state index contributed by atoms with van der Waals surface area (Å²) < 4.78 is 5.41. The molecule has 1 saturated heterocycles. The third kappa shape index (κ3) is 3.47. The van der Waals surface area contributed by atoms with E-state index in [1.165, 1.54) is 0 Å². The molecule has 1 rings (SSSR count). The molecule has 0 aromatic rings. The van der Waals surface area contributed by atoms with Crippen LogP contribution in [0.2, 0.25) is 0 Å². The van der Waals surface area contributed by atoms with Crippen LogP contribution in [0.15, 0.2) is 0 Å². The number of amides is 1. The number of carbonyl (C=O) groups is 1. The Morgan fingerprint density at radius 1 is 1.53 bits per heavy atom. The first-order valence-electron chi connectivity index (χ1n) is 5.79. The van der Waals surface area contributed by atoms with Crippen LogP contribution in [0, 0.1) is 5.92 Å². The van der Waals surface area contributed by atoms with E-state index in [0.29, 0.717) is 19.7 Å². The minimum absolute atomic E-state index is 0.0538. The van der Waals surface area contributed by atoms with Crippen molar-refractivity contribution in [2.24, 2.45) is 11.7 Å². The van der Waals surface area contributed by atoms with E-state index in [-0.39, 0.29) is 17.9 Å². The Hall–Kier alpha value is -0.610. The summed E-state index contributed by atoms with van der Waals surface area (Å²) in [4.78, 5) is 13.9. The molecule has 0 spiro atoms. The van der Waals surface area contributed by atoms with Crippen molar-refractivity contribution in [3.05, 3.63) is 0 Å². The normalized spacial score (nSPS) is 25.5. The summed E-state index contributed by atoms with van der Waals surface area (Å²) in [5.41, 5.74) is 5.50. The lowest BCUT2D eigenvalue weighted by Gasteiger charge is -2.24. The van der Waals surface area contributed by atoms with Crippen molar-refractivity contribution < 1.29 is 9.53 Å². The molecule has 1 aliphatic heterocycles. The summed E-state index contributed by atoms with van der Waals surface area (Å²) >= 11 is 0. The highest BCUT2D eigenvalue weighted by atomic mass is 16.5. The number of ether oxygens (including phenoxy) is 1. The second-order valence-electron chi connectivity index (χ2n) is 4.19. The summed E-state index contributed by atoms with van der Waals surface area (Å²) in [6, 6.07) is 0. The Balaban J connectivity index is 2.47. The smallest absolute Gasteiger partial charge is 0.228 e. The fourth-order valence-corrected chi connectivity index (χ4v) is 2.01. The van der Waals surface area contributed by atoms with E-state index >= 15 is 0 Å². The first kappa shape index (κ1) is 12.5. The van der Waals surface area contributed by atoms with E-state index in [4.69, 9.17) is 10.5 Å². The average molecular weight is 214 g/mol. The fourth-order valence-electron chi connectivity index (χ4n) is 2.01.